The number of alkyl halides is 3. The Hall–Kier alpha value is -2.36. The summed E-state index contributed by atoms with van der Waals surface area (Å²) in [6.45, 7) is 0.822. The lowest BCUT2D eigenvalue weighted by Gasteiger charge is -2.22. The summed E-state index contributed by atoms with van der Waals surface area (Å²) >= 11 is 1.31. The van der Waals surface area contributed by atoms with Crippen LogP contribution in [0.25, 0.3) is 10.2 Å². The molecule has 5 nitrogen and oxygen atoms in total. The molecule has 3 aromatic rings. The summed E-state index contributed by atoms with van der Waals surface area (Å²) in [6.07, 6.45) is -4.52. The van der Waals surface area contributed by atoms with Crippen LogP contribution in [-0.4, -0.2) is 50.1 Å². The average molecular weight is 460 g/mol. The van der Waals surface area contributed by atoms with Gasteiger partial charge in [0.15, 0.2) is 5.13 Å². The molecule has 0 saturated heterocycles. The van der Waals surface area contributed by atoms with Gasteiger partial charge in [-0.15, -0.1) is 12.4 Å². The van der Waals surface area contributed by atoms with Crippen molar-refractivity contribution in [1.82, 2.24) is 9.88 Å². The topological polar surface area (TPSA) is 45.7 Å². The summed E-state index contributed by atoms with van der Waals surface area (Å²) in [4.78, 5) is 21.0. The van der Waals surface area contributed by atoms with Gasteiger partial charge in [0.05, 0.1) is 22.9 Å². The summed E-state index contributed by atoms with van der Waals surface area (Å²) in [6, 6.07) is 9.84. The van der Waals surface area contributed by atoms with Gasteiger partial charge in [0.25, 0.3) is 5.91 Å². The van der Waals surface area contributed by atoms with Crippen molar-refractivity contribution in [3.05, 3.63) is 53.6 Å². The van der Waals surface area contributed by atoms with Crippen LogP contribution >= 0.6 is 23.7 Å². The number of nitrogens with zero attached hydrogens (tertiary/aromatic N) is 3. The standard InChI is InChI=1S/C20H20F3N3O2S.ClH/c1-25(2)9-10-26(18(27)13-5-4-6-14(11-13)20(21,22)23)19-24-16-12-15(28-3)7-8-17(16)29-19;/h4-8,11-12H,9-10H2,1-3H3;1H. The van der Waals surface area contributed by atoms with Crippen molar-refractivity contribution in [2.24, 2.45) is 0 Å². The highest BCUT2D eigenvalue weighted by Gasteiger charge is 2.31. The van der Waals surface area contributed by atoms with Crippen molar-refractivity contribution >= 4 is 45.0 Å². The highest BCUT2D eigenvalue weighted by atomic mass is 35.5. The predicted molar refractivity (Wildman–Crippen MR) is 115 cm³/mol. The molecule has 1 aromatic heterocycles. The Balaban J connectivity index is 0.00000320. The van der Waals surface area contributed by atoms with Crippen LogP contribution in [0.5, 0.6) is 5.75 Å². The number of amides is 1. The number of aromatic nitrogens is 1. The van der Waals surface area contributed by atoms with E-state index >= 15 is 0 Å². The van der Waals surface area contributed by atoms with E-state index < -0.39 is 17.6 Å². The number of hydrogen-bond donors (Lipinski definition) is 0. The van der Waals surface area contributed by atoms with Crippen molar-refractivity contribution in [3.8, 4) is 5.75 Å². The van der Waals surface area contributed by atoms with Gasteiger partial charge in [0.1, 0.15) is 5.75 Å². The van der Waals surface area contributed by atoms with Gasteiger partial charge < -0.3 is 9.64 Å². The normalized spacial score (nSPS) is 11.4. The van der Waals surface area contributed by atoms with Crippen LogP contribution in [0, 0.1) is 0 Å². The van der Waals surface area contributed by atoms with E-state index in [9.17, 15) is 18.0 Å². The van der Waals surface area contributed by atoms with Crippen molar-refractivity contribution in [2.45, 2.75) is 6.18 Å². The lowest BCUT2D eigenvalue weighted by Crippen LogP contribution is -2.36. The number of anilines is 1. The minimum atomic E-state index is -4.52. The Morgan fingerprint density at radius 1 is 1.13 bits per heavy atom. The highest BCUT2D eigenvalue weighted by Crippen LogP contribution is 2.33. The monoisotopic (exact) mass is 459 g/mol. The van der Waals surface area contributed by atoms with E-state index in [2.05, 4.69) is 4.98 Å². The second kappa shape index (κ2) is 9.63. The molecule has 0 spiro atoms. The van der Waals surface area contributed by atoms with E-state index in [4.69, 9.17) is 4.74 Å². The molecule has 10 heteroatoms. The van der Waals surface area contributed by atoms with Gasteiger partial charge in [-0.05, 0) is 44.4 Å². The Morgan fingerprint density at radius 2 is 1.87 bits per heavy atom. The minimum absolute atomic E-state index is 0. The number of hydrogen-bond acceptors (Lipinski definition) is 5. The number of likely N-dealkylation sites (N-methyl/N-ethyl adjacent to an activating group) is 1. The minimum Gasteiger partial charge on any atom is -0.497 e. The molecule has 0 fully saturated rings. The van der Waals surface area contributed by atoms with E-state index in [1.165, 1.54) is 28.4 Å². The Labute approximate surface area is 182 Å². The fraction of sp³-hybridized carbons (Fsp3) is 0.300. The maximum Gasteiger partial charge on any atom is 0.416 e. The maximum atomic E-state index is 13.1. The van der Waals surface area contributed by atoms with E-state index in [-0.39, 0.29) is 18.0 Å². The first kappa shape index (κ1) is 23.9. The summed E-state index contributed by atoms with van der Waals surface area (Å²) in [5, 5.41) is 0.428. The maximum absolute atomic E-state index is 13.1. The molecule has 0 aliphatic rings. The molecule has 1 amide bonds. The number of thiazole rings is 1. The summed E-state index contributed by atoms with van der Waals surface area (Å²) in [7, 11) is 5.27. The lowest BCUT2D eigenvalue weighted by atomic mass is 10.1. The van der Waals surface area contributed by atoms with Gasteiger partial charge in [-0.1, -0.05) is 17.4 Å². The van der Waals surface area contributed by atoms with Crippen molar-refractivity contribution in [3.63, 3.8) is 0 Å². The van der Waals surface area contributed by atoms with Gasteiger partial charge in [0.2, 0.25) is 0 Å². The first-order chi connectivity index (χ1) is 13.7. The van der Waals surface area contributed by atoms with Crippen LogP contribution < -0.4 is 9.64 Å². The number of methoxy groups -OCH3 is 1. The third-order valence-corrected chi connectivity index (χ3v) is 5.33. The first-order valence-corrected chi connectivity index (χ1v) is 9.59. The molecule has 0 aliphatic heterocycles. The van der Waals surface area contributed by atoms with E-state index in [0.29, 0.717) is 29.5 Å². The molecule has 30 heavy (non-hydrogen) atoms. The fourth-order valence-corrected chi connectivity index (χ4v) is 3.68. The van der Waals surface area contributed by atoms with E-state index in [1.807, 2.05) is 25.1 Å². The van der Waals surface area contributed by atoms with Gasteiger partial charge in [0, 0.05) is 24.7 Å². The average Bonchev–Trinajstić information content (AvgIpc) is 3.09. The van der Waals surface area contributed by atoms with Crippen LogP contribution in [0.1, 0.15) is 15.9 Å². The zero-order valence-corrected chi connectivity index (χ0v) is 18.2. The quantitative estimate of drug-likeness (QED) is 0.523. The number of halogens is 4. The summed E-state index contributed by atoms with van der Waals surface area (Å²) in [5.74, 6) is 0.113. The van der Waals surface area contributed by atoms with Crippen molar-refractivity contribution in [2.75, 3.05) is 39.2 Å². The van der Waals surface area contributed by atoms with Crippen LogP contribution in [0.2, 0.25) is 0 Å². The zero-order chi connectivity index (χ0) is 21.2. The van der Waals surface area contributed by atoms with Crippen LogP contribution in [-0.2, 0) is 6.18 Å². The van der Waals surface area contributed by atoms with E-state index in [1.54, 1.807) is 19.2 Å². The number of rotatable bonds is 6. The molecule has 162 valence electrons. The number of ether oxygens (including phenoxy) is 1. The molecule has 3 rings (SSSR count). The number of benzene rings is 2. The SMILES string of the molecule is COc1ccc2sc(N(CCN(C)C)C(=O)c3cccc(C(F)(F)F)c3)nc2c1.Cl. The molecule has 0 unspecified atom stereocenters. The second-order valence-electron chi connectivity index (χ2n) is 6.67. The largest absolute Gasteiger partial charge is 0.497 e. The van der Waals surface area contributed by atoms with Gasteiger partial charge in [-0.2, -0.15) is 13.2 Å². The van der Waals surface area contributed by atoms with Crippen LogP contribution in [0.4, 0.5) is 18.3 Å². The van der Waals surface area contributed by atoms with E-state index in [0.717, 1.165) is 16.8 Å². The summed E-state index contributed by atoms with van der Waals surface area (Å²) < 4.78 is 45.3. The smallest absolute Gasteiger partial charge is 0.416 e. The lowest BCUT2D eigenvalue weighted by molar-refractivity contribution is -0.137. The Kier molecular flexibility index (Phi) is 7.68. The predicted octanol–water partition coefficient (Wildman–Crippen LogP) is 4.95. The third-order valence-electron chi connectivity index (χ3n) is 4.27. The van der Waals surface area contributed by atoms with Crippen molar-refractivity contribution in [1.29, 1.82) is 0 Å². The second-order valence-corrected chi connectivity index (χ2v) is 7.68. The third kappa shape index (κ3) is 5.41. The van der Waals surface area contributed by atoms with Gasteiger partial charge in [-0.3, -0.25) is 9.69 Å². The summed E-state index contributed by atoms with van der Waals surface area (Å²) in [5.41, 5.74) is -0.226. The number of carbonyl (C=O) groups excluding carboxylic acids is 1. The molecule has 1 heterocycles. The molecule has 0 bridgehead atoms. The zero-order valence-electron chi connectivity index (χ0n) is 16.6. The van der Waals surface area contributed by atoms with Crippen LogP contribution in [0.3, 0.4) is 0 Å². The molecule has 0 saturated carbocycles. The molecular formula is C20H21ClF3N3O2S. The molecule has 0 radical (unpaired) electrons. The van der Waals surface area contributed by atoms with Gasteiger partial charge in [-0.25, -0.2) is 4.98 Å². The highest BCUT2D eigenvalue weighted by molar-refractivity contribution is 7.22. The molecule has 0 aliphatic carbocycles. The first-order valence-electron chi connectivity index (χ1n) is 8.77. The number of carbonyl (C=O) groups is 1. The van der Waals surface area contributed by atoms with Crippen LogP contribution in [0.15, 0.2) is 42.5 Å². The van der Waals surface area contributed by atoms with Gasteiger partial charge >= 0.3 is 6.18 Å². The fourth-order valence-electron chi connectivity index (χ4n) is 2.71. The molecule has 0 N–H and O–H groups in total. The molecular weight excluding hydrogens is 439 g/mol. The Bertz CT molecular complexity index is 1020. The number of fused-ring (bicyclic) bond motifs is 1. The Morgan fingerprint density at radius 3 is 2.50 bits per heavy atom. The molecule has 2 aromatic carbocycles. The van der Waals surface area contributed by atoms with Crippen molar-refractivity contribution < 1.29 is 22.7 Å². The molecule has 0 atom stereocenters.